The fraction of sp³-hybridized carbons (Fsp3) is 0.650. The van der Waals surface area contributed by atoms with Gasteiger partial charge < -0.3 is 10.2 Å². The third kappa shape index (κ3) is 5.47. The van der Waals surface area contributed by atoms with Crippen LogP contribution >= 0.6 is 12.4 Å². The number of hydrogen-bond acceptors (Lipinski definition) is 4. The van der Waals surface area contributed by atoms with Crippen molar-refractivity contribution in [1.82, 2.24) is 14.5 Å². The molecule has 2 heterocycles. The van der Waals surface area contributed by atoms with Crippen LogP contribution in [0, 0.1) is 19.8 Å². The highest BCUT2D eigenvalue weighted by atomic mass is 35.5. The van der Waals surface area contributed by atoms with E-state index in [1.54, 1.807) is 6.07 Å². The molecule has 1 aromatic rings. The van der Waals surface area contributed by atoms with Gasteiger partial charge in [0, 0.05) is 32.6 Å². The molecule has 1 aromatic carbocycles. The molecule has 8 heteroatoms. The van der Waals surface area contributed by atoms with Crippen LogP contribution in [0.2, 0.25) is 0 Å². The number of carbonyl (C=O) groups excluding carboxylic acids is 1. The van der Waals surface area contributed by atoms with E-state index < -0.39 is 10.0 Å². The van der Waals surface area contributed by atoms with Crippen molar-refractivity contribution in [3.05, 3.63) is 29.3 Å². The quantitative estimate of drug-likeness (QED) is 0.779. The monoisotopic (exact) mass is 429 g/mol. The smallest absolute Gasteiger partial charge is 0.243 e. The molecule has 0 aliphatic carbocycles. The van der Waals surface area contributed by atoms with Crippen molar-refractivity contribution in [3.63, 3.8) is 0 Å². The molecule has 158 valence electrons. The van der Waals surface area contributed by atoms with E-state index in [0.29, 0.717) is 43.4 Å². The Morgan fingerprint density at radius 3 is 2.39 bits per heavy atom. The number of halogens is 1. The lowest BCUT2D eigenvalue weighted by Gasteiger charge is -2.34. The summed E-state index contributed by atoms with van der Waals surface area (Å²) in [6.07, 6.45) is 3.82. The van der Waals surface area contributed by atoms with Crippen molar-refractivity contribution in [3.8, 4) is 0 Å². The van der Waals surface area contributed by atoms with Crippen LogP contribution in [0.3, 0.4) is 0 Å². The Morgan fingerprint density at radius 1 is 1.11 bits per heavy atom. The van der Waals surface area contributed by atoms with Gasteiger partial charge in [-0.3, -0.25) is 4.79 Å². The Hall–Kier alpha value is -1.15. The maximum Gasteiger partial charge on any atom is 0.243 e. The number of rotatable bonds is 5. The maximum atomic E-state index is 13.0. The summed E-state index contributed by atoms with van der Waals surface area (Å²) < 4.78 is 27.5. The third-order valence-electron chi connectivity index (χ3n) is 5.78. The van der Waals surface area contributed by atoms with Gasteiger partial charge in [-0.15, -0.1) is 12.4 Å². The fourth-order valence-corrected chi connectivity index (χ4v) is 5.69. The number of amides is 1. The van der Waals surface area contributed by atoms with Gasteiger partial charge in [0.2, 0.25) is 15.9 Å². The second kappa shape index (κ2) is 10.1. The lowest BCUT2D eigenvalue weighted by Crippen LogP contribution is -2.50. The number of sulfonamides is 1. The molecule has 2 fully saturated rings. The zero-order valence-electron chi connectivity index (χ0n) is 16.8. The summed E-state index contributed by atoms with van der Waals surface area (Å²) in [4.78, 5) is 14.7. The molecule has 28 heavy (non-hydrogen) atoms. The standard InChI is InChI=1S/C20H31N3O3S.ClH/c1-16-3-4-17(2)19(15-16)27(25,26)23-13-11-22(12-14-23)20(24)6-5-18-7-9-21-10-8-18;/h3-4,15,18,21H,5-14H2,1-2H3;1H. The summed E-state index contributed by atoms with van der Waals surface area (Å²) in [5, 5.41) is 3.35. The molecule has 0 saturated carbocycles. The number of benzene rings is 1. The Kier molecular flexibility index (Phi) is 8.30. The number of nitrogens with one attached hydrogen (secondary N) is 1. The van der Waals surface area contributed by atoms with Gasteiger partial charge in [-0.2, -0.15) is 4.31 Å². The van der Waals surface area contributed by atoms with Crippen molar-refractivity contribution in [1.29, 1.82) is 0 Å². The van der Waals surface area contributed by atoms with E-state index >= 15 is 0 Å². The first-order valence-corrected chi connectivity index (χ1v) is 11.4. The van der Waals surface area contributed by atoms with Crippen LogP contribution in [0.25, 0.3) is 0 Å². The molecule has 0 unspecified atom stereocenters. The Labute approximate surface area is 175 Å². The third-order valence-corrected chi connectivity index (χ3v) is 7.82. The van der Waals surface area contributed by atoms with Crippen LogP contribution < -0.4 is 5.32 Å². The van der Waals surface area contributed by atoms with Crippen molar-refractivity contribution in [2.75, 3.05) is 39.3 Å². The lowest BCUT2D eigenvalue weighted by atomic mass is 9.93. The summed E-state index contributed by atoms with van der Waals surface area (Å²) in [7, 11) is -3.51. The van der Waals surface area contributed by atoms with E-state index in [4.69, 9.17) is 0 Å². The van der Waals surface area contributed by atoms with Crippen LogP contribution in [0.1, 0.15) is 36.8 Å². The largest absolute Gasteiger partial charge is 0.340 e. The summed E-state index contributed by atoms with van der Waals surface area (Å²) in [5.41, 5.74) is 1.70. The van der Waals surface area contributed by atoms with Crippen molar-refractivity contribution in [2.24, 2.45) is 5.92 Å². The minimum Gasteiger partial charge on any atom is -0.340 e. The van der Waals surface area contributed by atoms with Gasteiger partial charge in [0.1, 0.15) is 0 Å². The average Bonchev–Trinajstić information content (AvgIpc) is 2.68. The molecule has 0 radical (unpaired) electrons. The van der Waals surface area contributed by atoms with Crippen LogP contribution in [0.15, 0.2) is 23.1 Å². The number of aryl methyl sites for hydroxylation is 2. The van der Waals surface area contributed by atoms with Gasteiger partial charge in [-0.1, -0.05) is 12.1 Å². The molecular weight excluding hydrogens is 398 g/mol. The number of piperazine rings is 1. The van der Waals surface area contributed by atoms with Gasteiger partial charge in [0.05, 0.1) is 4.90 Å². The fourth-order valence-electron chi connectivity index (χ4n) is 3.96. The molecule has 2 saturated heterocycles. The zero-order valence-corrected chi connectivity index (χ0v) is 18.4. The Bertz CT molecular complexity index is 771. The van der Waals surface area contributed by atoms with Crippen molar-refractivity contribution in [2.45, 2.75) is 44.4 Å². The number of hydrogen-bond donors (Lipinski definition) is 1. The molecule has 0 bridgehead atoms. The second-order valence-corrected chi connectivity index (χ2v) is 9.69. The van der Waals surface area contributed by atoms with E-state index in [1.165, 1.54) is 4.31 Å². The molecule has 1 N–H and O–H groups in total. The van der Waals surface area contributed by atoms with Crippen molar-refractivity contribution < 1.29 is 13.2 Å². The first-order chi connectivity index (χ1) is 12.9. The minimum atomic E-state index is -3.51. The van der Waals surface area contributed by atoms with Gasteiger partial charge in [0.25, 0.3) is 0 Å². The van der Waals surface area contributed by atoms with E-state index in [9.17, 15) is 13.2 Å². The number of piperidine rings is 1. The predicted molar refractivity (Wildman–Crippen MR) is 113 cm³/mol. The molecular formula is C20H32ClN3O3S. The first kappa shape index (κ1) is 23.1. The summed E-state index contributed by atoms with van der Waals surface area (Å²) in [6, 6.07) is 5.51. The first-order valence-electron chi connectivity index (χ1n) is 9.94. The molecule has 2 aliphatic heterocycles. The Balaban J connectivity index is 0.00000280. The van der Waals surface area contributed by atoms with E-state index in [-0.39, 0.29) is 18.3 Å². The molecule has 0 spiro atoms. The second-order valence-electron chi connectivity index (χ2n) is 7.79. The number of nitrogens with zero attached hydrogens (tertiary/aromatic N) is 2. The maximum absolute atomic E-state index is 13.0. The minimum absolute atomic E-state index is 0. The van der Waals surface area contributed by atoms with Gasteiger partial charge in [-0.05, 0) is 69.3 Å². The normalized spacial score (nSPS) is 19.3. The SMILES string of the molecule is Cc1ccc(C)c(S(=O)(=O)N2CCN(C(=O)CCC3CCNCC3)CC2)c1.Cl. The molecule has 6 nitrogen and oxygen atoms in total. The summed E-state index contributed by atoms with van der Waals surface area (Å²) in [5.74, 6) is 0.804. The van der Waals surface area contributed by atoms with E-state index in [1.807, 2.05) is 30.9 Å². The van der Waals surface area contributed by atoms with Crippen LogP contribution in [-0.4, -0.2) is 62.8 Å². The molecule has 0 atom stereocenters. The van der Waals surface area contributed by atoms with Crippen LogP contribution in [0.4, 0.5) is 0 Å². The van der Waals surface area contributed by atoms with Gasteiger partial charge in [-0.25, -0.2) is 8.42 Å². The highest BCUT2D eigenvalue weighted by molar-refractivity contribution is 7.89. The van der Waals surface area contributed by atoms with Crippen LogP contribution in [-0.2, 0) is 14.8 Å². The highest BCUT2D eigenvalue weighted by Crippen LogP contribution is 2.23. The molecule has 1 amide bonds. The zero-order chi connectivity index (χ0) is 19.4. The summed E-state index contributed by atoms with van der Waals surface area (Å²) >= 11 is 0. The molecule has 2 aliphatic rings. The van der Waals surface area contributed by atoms with Crippen molar-refractivity contribution >= 4 is 28.3 Å². The average molecular weight is 430 g/mol. The van der Waals surface area contributed by atoms with Gasteiger partial charge >= 0.3 is 0 Å². The molecule has 3 rings (SSSR count). The number of carbonyl (C=O) groups is 1. The lowest BCUT2D eigenvalue weighted by molar-refractivity contribution is -0.132. The van der Waals surface area contributed by atoms with E-state index in [0.717, 1.165) is 43.5 Å². The topological polar surface area (TPSA) is 69.7 Å². The highest BCUT2D eigenvalue weighted by Gasteiger charge is 2.31. The van der Waals surface area contributed by atoms with E-state index in [2.05, 4.69) is 5.32 Å². The Morgan fingerprint density at radius 2 is 1.75 bits per heavy atom. The molecule has 0 aromatic heterocycles. The summed E-state index contributed by atoms with van der Waals surface area (Å²) in [6.45, 7) is 7.53. The predicted octanol–water partition coefficient (Wildman–Crippen LogP) is 2.34. The van der Waals surface area contributed by atoms with Crippen LogP contribution in [0.5, 0.6) is 0 Å². The van der Waals surface area contributed by atoms with Gasteiger partial charge in [0.15, 0.2) is 0 Å².